The summed E-state index contributed by atoms with van der Waals surface area (Å²) in [6.07, 6.45) is 5.49. The number of piperazine rings is 1. The zero-order valence-corrected chi connectivity index (χ0v) is 16.3. The van der Waals surface area contributed by atoms with Crippen LogP contribution in [0.5, 0.6) is 5.75 Å². The van der Waals surface area contributed by atoms with Crippen molar-refractivity contribution in [3.63, 3.8) is 0 Å². The van der Waals surface area contributed by atoms with Crippen molar-refractivity contribution in [2.45, 2.75) is 19.3 Å². The lowest BCUT2D eigenvalue weighted by Gasteiger charge is -2.34. The summed E-state index contributed by atoms with van der Waals surface area (Å²) in [6, 6.07) is 8.04. The fourth-order valence-electron chi connectivity index (χ4n) is 2.87. The SMILES string of the molecule is Brc1ccc(OCCCCCN2CCN(c3nccs3)CC2)cc1. The fraction of sp³-hybridized carbons (Fsp3) is 0.500. The van der Waals surface area contributed by atoms with Gasteiger partial charge in [-0.25, -0.2) is 4.98 Å². The van der Waals surface area contributed by atoms with Crippen LogP contribution < -0.4 is 9.64 Å². The summed E-state index contributed by atoms with van der Waals surface area (Å²) in [5, 5.41) is 3.22. The van der Waals surface area contributed by atoms with Crippen LogP contribution in [-0.4, -0.2) is 49.2 Å². The molecule has 2 aromatic rings. The molecular weight excluding hydrogens is 386 g/mol. The molecule has 0 N–H and O–H groups in total. The number of nitrogens with zero attached hydrogens (tertiary/aromatic N) is 3. The molecule has 1 saturated heterocycles. The van der Waals surface area contributed by atoms with Gasteiger partial charge in [0.15, 0.2) is 5.13 Å². The summed E-state index contributed by atoms with van der Waals surface area (Å²) in [6.45, 7) is 6.49. The van der Waals surface area contributed by atoms with Crippen molar-refractivity contribution in [3.8, 4) is 5.75 Å². The number of unbranched alkanes of at least 4 members (excludes halogenated alkanes) is 2. The molecule has 0 radical (unpaired) electrons. The minimum atomic E-state index is 0.805. The van der Waals surface area contributed by atoms with Crippen LogP contribution in [0.2, 0.25) is 0 Å². The first-order valence-electron chi connectivity index (χ1n) is 8.56. The van der Waals surface area contributed by atoms with Crippen molar-refractivity contribution >= 4 is 32.4 Å². The molecule has 0 amide bonds. The van der Waals surface area contributed by atoms with Crippen LogP contribution >= 0.6 is 27.3 Å². The maximum atomic E-state index is 5.76. The fourth-order valence-corrected chi connectivity index (χ4v) is 3.83. The second-order valence-electron chi connectivity index (χ2n) is 6.01. The van der Waals surface area contributed by atoms with Crippen LogP contribution in [0.15, 0.2) is 40.3 Å². The van der Waals surface area contributed by atoms with Gasteiger partial charge < -0.3 is 9.64 Å². The van der Waals surface area contributed by atoms with Crippen LogP contribution in [0, 0.1) is 0 Å². The van der Waals surface area contributed by atoms with Gasteiger partial charge in [-0.3, -0.25) is 4.90 Å². The molecule has 24 heavy (non-hydrogen) atoms. The molecule has 1 aliphatic heterocycles. The van der Waals surface area contributed by atoms with Gasteiger partial charge >= 0.3 is 0 Å². The van der Waals surface area contributed by atoms with Crippen molar-refractivity contribution in [1.82, 2.24) is 9.88 Å². The lowest BCUT2D eigenvalue weighted by molar-refractivity contribution is 0.246. The normalized spacial score (nSPS) is 15.6. The Balaban J connectivity index is 1.23. The van der Waals surface area contributed by atoms with E-state index in [9.17, 15) is 0 Å². The van der Waals surface area contributed by atoms with Crippen molar-refractivity contribution in [3.05, 3.63) is 40.3 Å². The van der Waals surface area contributed by atoms with Crippen molar-refractivity contribution < 1.29 is 4.74 Å². The van der Waals surface area contributed by atoms with E-state index in [1.54, 1.807) is 11.3 Å². The number of aromatic nitrogens is 1. The average molecular weight is 410 g/mol. The topological polar surface area (TPSA) is 28.6 Å². The number of halogens is 1. The summed E-state index contributed by atoms with van der Waals surface area (Å²) in [4.78, 5) is 9.37. The van der Waals surface area contributed by atoms with Gasteiger partial charge in [-0.1, -0.05) is 15.9 Å². The Morgan fingerprint density at radius 3 is 2.54 bits per heavy atom. The predicted octanol–water partition coefficient (Wildman–Crippen LogP) is 4.28. The molecule has 0 unspecified atom stereocenters. The molecule has 2 heterocycles. The van der Waals surface area contributed by atoms with E-state index in [-0.39, 0.29) is 0 Å². The first-order valence-corrected chi connectivity index (χ1v) is 10.2. The summed E-state index contributed by atoms with van der Waals surface area (Å²) >= 11 is 5.17. The van der Waals surface area contributed by atoms with E-state index in [1.807, 2.05) is 30.5 Å². The summed E-state index contributed by atoms with van der Waals surface area (Å²) in [7, 11) is 0. The monoisotopic (exact) mass is 409 g/mol. The number of benzene rings is 1. The molecule has 130 valence electrons. The third-order valence-electron chi connectivity index (χ3n) is 4.26. The molecule has 4 nitrogen and oxygen atoms in total. The first kappa shape index (κ1) is 17.7. The maximum absolute atomic E-state index is 5.76. The Kier molecular flexibility index (Phi) is 6.93. The van der Waals surface area contributed by atoms with E-state index in [2.05, 4.69) is 36.1 Å². The highest BCUT2D eigenvalue weighted by atomic mass is 79.9. The van der Waals surface area contributed by atoms with E-state index in [0.717, 1.165) is 49.4 Å². The highest BCUT2D eigenvalue weighted by Gasteiger charge is 2.17. The largest absolute Gasteiger partial charge is 0.494 e. The van der Waals surface area contributed by atoms with Gasteiger partial charge in [0.1, 0.15) is 5.75 Å². The van der Waals surface area contributed by atoms with Crippen LogP contribution in [0.25, 0.3) is 0 Å². The molecule has 1 aromatic heterocycles. The Morgan fingerprint density at radius 2 is 1.83 bits per heavy atom. The molecule has 0 spiro atoms. The van der Waals surface area contributed by atoms with Crippen LogP contribution in [0.1, 0.15) is 19.3 Å². The van der Waals surface area contributed by atoms with Gasteiger partial charge in [0.25, 0.3) is 0 Å². The maximum Gasteiger partial charge on any atom is 0.185 e. The molecule has 0 atom stereocenters. The summed E-state index contributed by atoms with van der Waals surface area (Å²) < 4.78 is 6.85. The van der Waals surface area contributed by atoms with Crippen LogP contribution in [0.4, 0.5) is 5.13 Å². The standard InChI is InChI=1S/C18H24BrN3OS/c19-16-4-6-17(7-5-16)23-14-3-1-2-9-21-10-12-22(13-11-21)18-20-8-15-24-18/h4-8,15H,1-3,9-14H2. The van der Waals surface area contributed by atoms with E-state index in [0.29, 0.717) is 0 Å². The van der Waals surface area contributed by atoms with Crippen LogP contribution in [-0.2, 0) is 0 Å². The third kappa shape index (κ3) is 5.46. The summed E-state index contributed by atoms with van der Waals surface area (Å²) in [5.41, 5.74) is 0. The van der Waals surface area contributed by atoms with E-state index in [4.69, 9.17) is 4.74 Å². The zero-order chi connectivity index (χ0) is 16.6. The molecule has 0 aliphatic carbocycles. The molecule has 3 rings (SSSR count). The second kappa shape index (κ2) is 9.39. The van der Waals surface area contributed by atoms with Gasteiger partial charge in [0, 0.05) is 42.2 Å². The van der Waals surface area contributed by atoms with Crippen molar-refractivity contribution in [2.24, 2.45) is 0 Å². The van der Waals surface area contributed by atoms with Gasteiger partial charge in [-0.15, -0.1) is 11.3 Å². The predicted molar refractivity (Wildman–Crippen MR) is 104 cm³/mol. The van der Waals surface area contributed by atoms with Gasteiger partial charge in [0.2, 0.25) is 0 Å². The number of hydrogen-bond donors (Lipinski definition) is 0. The number of anilines is 1. The Labute approximate surface area is 156 Å². The quantitative estimate of drug-likeness (QED) is 0.608. The van der Waals surface area contributed by atoms with Crippen molar-refractivity contribution in [2.75, 3.05) is 44.2 Å². The minimum Gasteiger partial charge on any atom is -0.494 e. The number of rotatable bonds is 8. The van der Waals surface area contributed by atoms with E-state index in [1.165, 1.54) is 24.5 Å². The molecular formula is C18H24BrN3OS. The van der Waals surface area contributed by atoms with Crippen molar-refractivity contribution in [1.29, 1.82) is 0 Å². The Hall–Kier alpha value is -1.11. The zero-order valence-electron chi connectivity index (χ0n) is 13.9. The molecule has 0 saturated carbocycles. The molecule has 1 fully saturated rings. The lowest BCUT2D eigenvalue weighted by atomic mass is 10.2. The molecule has 0 bridgehead atoms. The highest BCUT2D eigenvalue weighted by Crippen LogP contribution is 2.19. The van der Waals surface area contributed by atoms with E-state index < -0.39 is 0 Å². The first-order chi connectivity index (χ1) is 11.8. The van der Waals surface area contributed by atoms with Crippen LogP contribution in [0.3, 0.4) is 0 Å². The number of ether oxygens (including phenoxy) is 1. The van der Waals surface area contributed by atoms with Gasteiger partial charge in [-0.05, 0) is 50.1 Å². The molecule has 1 aromatic carbocycles. The van der Waals surface area contributed by atoms with E-state index >= 15 is 0 Å². The molecule has 1 aliphatic rings. The molecule has 6 heteroatoms. The number of thiazole rings is 1. The number of hydrogen-bond acceptors (Lipinski definition) is 5. The van der Waals surface area contributed by atoms with Gasteiger partial charge in [0.05, 0.1) is 6.61 Å². The van der Waals surface area contributed by atoms with Gasteiger partial charge in [-0.2, -0.15) is 0 Å². The second-order valence-corrected chi connectivity index (χ2v) is 7.80. The highest BCUT2D eigenvalue weighted by molar-refractivity contribution is 9.10. The third-order valence-corrected chi connectivity index (χ3v) is 5.62. The Morgan fingerprint density at radius 1 is 1.04 bits per heavy atom. The minimum absolute atomic E-state index is 0.805. The average Bonchev–Trinajstić information content (AvgIpc) is 3.15. The summed E-state index contributed by atoms with van der Waals surface area (Å²) in [5.74, 6) is 0.955. The lowest BCUT2D eigenvalue weighted by Crippen LogP contribution is -2.46. The Bertz CT molecular complexity index is 583. The smallest absolute Gasteiger partial charge is 0.185 e.